The minimum absolute atomic E-state index is 0.849. The third kappa shape index (κ3) is 2.07. The van der Waals surface area contributed by atoms with E-state index in [1.54, 1.807) is 6.33 Å². The van der Waals surface area contributed by atoms with Gasteiger partial charge in [0.15, 0.2) is 0 Å². The molecule has 0 amide bonds. The molecule has 4 heteroatoms. The summed E-state index contributed by atoms with van der Waals surface area (Å²) >= 11 is 0. The molecule has 4 rings (SSSR count). The number of aromatic amines is 1. The highest BCUT2D eigenvalue weighted by Crippen LogP contribution is 2.44. The van der Waals surface area contributed by atoms with Gasteiger partial charge in [-0.15, -0.1) is 0 Å². The fourth-order valence-electron chi connectivity index (χ4n) is 4.38. The minimum atomic E-state index is 0.849. The molecule has 2 bridgehead atoms. The maximum absolute atomic E-state index is 4.42. The highest BCUT2D eigenvalue weighted by atomic mass is 15.0. The average molecular weight is 270 g/mol. The molecule has 2 aliphatic carbocycles. The minimum Gasteiger partial charge on any atom is -0.369 e. The van der Waals surface area contributed by atoms with Crippen LogP contribution in [0.1, 0.15) is 38.5 Å². The van der Waals surface area contributed by atoms with Gasteiger partial charge >= 0.3 is 0 Å². The number of nitrogens with zero attached hydrogens (tertiary/aromatic N) is 2. The Balaban J connectivity index is 1.51. The van der Waals surface area contributed by atoms with Gasteiger partial charge in [-0.05, 0) is 23.8 Å². The van der Waals surface area contributed by atoms with Crippen molar-refractivity contribution in [2.45, 2.75) is 38.5 Å². The second kappa shape index (κ2) is 5.08. The van der Waals surface area contributed by atoms with E-state index in [2.05, 4.69) is 26.3 Å². The first-order valence-electron chi connectivity index (χ1n) is 7.94. The van der Waals surface area contributed by atoms with Gasteiger partial charge in [0.25, 0.3) is 0 Å². The molecule has 4 nitrogen and oxygen atoms in total. The van der Waals surface area contributed by atoms with Crippen LogP contribution in [0.3, 0.4) is 0 Å². The van der Waals surface area contributed by atoms with E-state index < -0.39 is 0 Å². The summed E-state index contributed by atoms with van der Waals surface area (Å²) in [5.41, 5.74) is 0.923. The van der Waals surface area contributed by atoms with Crippen molar-refractivity contribution in [3.05, 3.63) is 18.6 Å². The maximum atomic E-state index is 4.42. The number of rotatable bonds is 3. The largest absolute Gasteiger partial charge is 0.369 e. The van der Waals surface area contributed by atoms with Gasteiger partial charge in [0, 0.05) is 12.7 Å². The van der Waals surface area contributed by atoms with Crippen molar-refractivity contribution in [3.8, 4) is 0 Å². The van der Waals surface area contributed by atoms with Crippen LogP contribution in [0.25, 0.3) is 11.0 Å². The highest BCUT2D eigenvalue weighted by molar-refractivity contribution is 5.86. The van der Waals surface area contributed by atoms with Gasteiger partial charge in [0.05, 0.1) is 5.39 Å². The molecule has 2 saturated carbocycles. The van der Waals surface area contributed by atoms with Crippen molar-refractivity contribution >= 4 is 16.9 Å². The molecule has 2 N–H and O–H groups in total. The molecule has 0 unspecified atom stereocenters. The Hall–Kier alpha value is -1.58. The van der Waals surface area contributed by atoms with Gasteiger partial charge in [0.2, 0.25) is 0 Å². The third-order valence-electron chi connectivity index (χ3n) is 5.37. The van der Waals surface area contributed by atoms with Crippen molar-refractivity contribution in [2.75, 3.05) is 11.9 Å². The van der Waals surface area contributed by atoms with E-state index in [4.69, 9.17) is 0 Å². The molecule has 106 valence electrons. The molecular formula is C16H22N4. The highest BCUT2D eigenvalue weighted by Gasteiger charge is 2.35. The number of hydrogen-bond donors (Lipinski definition) is 2. The predicted octanol–water partition coefficient (Wildman–Crippen LogP) is 3.59. The molecule has 2 heterocycles. The molecule has 0 saturated heterocycles. The summed E-state index contributed by atoms with van der Waals surface area (Å²) in [5, 5.41) is 4.71. The topological polar surface area (TPSA) is 53.6 Å². The van der Waals surface area contributed by atoms with Crippen LogP contribution in [0.4, 0.5) is 5.82 Å². The van der Waals surface area contributed by atoms with Crippen LogP contribution >= 0.6 is 0 Å². The van der Waals surface area contributed by atoms with Gasteiger partial charge in [-0.3, -0.25) is 0 Å². The van der Waals surface area contributed by atoms with Crippen molar-refractivity contribution < 1.29 is 0 Å². The second-order valence-electron chi connectivity index (χ2n) is 6.39. The Labute approximate surface area is 119 Å². The van der Waals surface area contributed by atoms with Crippen LogP contribution < -0.4 is 5.32 Å². The zero-order valence-corrected chi connectivity index (χ0v) is 11.8. The Morgan fingerprint density at radius 1 is 1.10 bits per heavy atom. The van der Waals surface area contributed by atoms with E-state index in [0.29, 0.717) is 0 Å². The molecule has 2 fully saturated rings. The number of aromatic nitrogens is 3. The van der Waals surface area contributed by atoms with Crippen LogP contribution in [0.15, 0.2) is 18.6 Å². The smallest absolute Gasteiger partial charge is 0.142 e. The van der Waals surface area contributed by atoms with Crippen molar-refractivity contribution in [1.29, 1.82) is 0 Å². The quantitative estimate of drug-likeness (QED) is 0.896. The van der Waals surface area contributed by atoms with Gasteiger partial charge in [-0.1, -0.05) is 38.5 Å². The summed E-state index contributed by atoms with van der Waals surface area (Å²) in [6.45, 7) is 1.08. The Morgan fingerprint density at radius 3 is 2.60 bits per heavy atom. The predicted molar refractivity (Wildman–Crippen MR) is 80.6 cm³/mol. The first-order chi connectivity index (χ1) is 9.92. The summed E-state index contributed by atoms with van der Waals surface area (Å²) in [4.78, 5) is 11.8. The van der Waals surface area contributed by atoms with Crippen molar-refractivity contribution in [1.82, 2.24) is 15.0 Å². The summed E-state index contributed by atoms with van der Waals surface area (Å²) in [7, 11) is 0. The van der Waals surface area contributed by atoms with Crippen LogP contribution in [0.5, 0.6) is 0 Å². The first kappa shape index (κ1) is 12.2. The standard InChI is InChI=1S/C16H22N4/c1-3-11-5-2-6-12(4-1)14(11)9-18-16-13-7-8-17-15(13)19-10-20-16/h7-8,10-12,14H,1-6,9H2,(H2,17,18,19,20). The fourth-order valence-corrected chi connectivity index (χ4v) is 4.38. The Kier molecular flexibility index (Phi) is 3.09. The summed E-state index contributed by atoms with van der Waals surface area (Å²) < 4.78 is 0. The Morgan fingerprint density at radius 2 is 1.85 bits per heavy atom. The number of H-pyrrole nitrogens is 1. The SMILES string of the molecule is c1nc(NCC2C3CCCC2CCC3)c2cc[nH]c2n1. The lowest BCUT2D eigenvalue weighted by Crippen LogP contribution is -2.36. The molecule has 0 aromatic carbocycles. The van der Waals surface area contributed by atoms with Crippen LogP contribution in [0, 0.1) is 17.8 Å². The molecule has 2 aliphatic rings. The van der Waals surface area contributed by atoms with E-state index >= 15 is 0 Å². The third-order valence-corrected chi connectivity index (χ3v) is 5.37. The molecule has 0 atom stereocenters. The molecular weight excluding hydrogens is 248 g/mol. The van der Waals surface area contributed by atoms with Gasteiger partial charge < -0.3 is 10.3 Å². The second-order valence-corrected chi connectivity index (χ2v) is 6.39. The van der Waals surface area contributed by atoms with Gasteiger partial charge in [0.1, 0.15) is 17.8 Å². The molecule has 0 spiro atoms. The zero-order valence-electron chi connectivity index (χ0n) is 11.8. The van der Waals surface area contributed by atoms with E-state index in [1.165, 1.54) is 38.5 Å². The lowest BCUT2D eigenvalue weighted by molar-refractivity contribution is 0.102. The molecule has 2 aromatic heterocycles. The summed E-state index contributed by atoms with van der Waals surface area (Å²) in [6.07, 6.45) is 12.2. The summed E-state index contributed by atoms with van der Waals surface area (Å²) in [6, 6.07) is 2.05. The summed E-state index contributed by atoms with van der Waals surface area (Å²) in [5.74, 6) is 3.72. The zero-order chi connectivity index (χ0) is 13.4. The number of nitrogens with one attached hydrogen (secondary N) is 2. The van der Waals surface area contributed by atoms with Crippen molar-refractivity contribution in [3.63, 3.8) is 0 Å². The van der Waals surface area contributed by atoms with E-state index in [9.17, 15) is 0 Å². The Bertz CT molecular complexity index is 569. The maximum Gasteiger partial charge on any atom is 0.142 e. The first-order valence-corrected chi connectivity index (χ1v) is 7.94. The van der Waals surface area contributed by atoms with E-state index in [-0.39, 0.29) is 0 Å². The normalized spacial score (nSPS) is 29.5. The van der Waals surface area contributed by atoms with Crippen LogP contribution in [0.2, 0.25) is 0 Å². The van der Waals surface area contributed by atoms with E-state index in [1.807, 2.05) is 6.20 Å². The molecule has 0 aliphatic heterocycles. The average Bonchev–Trinajstić information content (AvgIpc) is 2.93. The van der Waals surface area contributed by atoms with Crippen LogP contribution in [-0.4, -0.2) is 21.5 Å². The number of fused-ring (bicyclic) bond motifs is 3. The van der Waals surface area contributed by atoms with Crippen molar-refractivity contribution in [2.24, 2.45) is 17.8 Å². The van der Waals surface area contributed by atoms with Crippen LogP contribution in [-0.2, 0) is 0 Å². The molecule has 2 aromatic rings. The number of hydrogen-bond acceptors (Lipinski definition) is 3. The lowest BCUT2D eigenvalue weighted by Gasteiger charge is -2.42. The fraction of sp³-hybridized carbons (Fsp3) is 0.625. The van der Waals surface area contributed by atoms with E-state index in [0.717, 1.165) is 41.1 Å². The van der Waals surface area contributed by atoms with Gasteiger partial charge in [-0.25, -0.2) is 9.97 Å². The lowest BCUT2D eigenvalue weighted by atomic mass is 9.64. The molecule has 0 radical (unpaired) electrons. The molecule has 20 heavy (non-hydrogen) atoms. The monoisotopic (exact) mass is 270 g/mol. The number of anilines is 1. The van der Waals surface area contributed by atoms with Gasteiger partial charge in [-0.2, -0.15) is 0 Å².